The number of aromatic nitrogens is 3. The summed E-state index contributed by atoms with van der Waals surface area (Å²) in [5, 5.41) is 32.2. The molecule has 2 atom stereocenters. The quantitative estimate of drug-likeness (QED) is 0.120. The zero-order chi connectivity index (χ0) is 30.7. The van der Waals surface area contributed by atoms with E-state index in [1.165, 1.54) is 40.4 Å². The second kappa shape index (κ2) is 10.9. The van der Waals surface area contributed by atoms with Gasteiger partial charge in [0.1, 0.15) is 0 Å². The third-order valence-electron chi connectivity index (χ3n) is 7.97. The fourth-order valence-corrected chi connectivity index (χ4v) is 6.67. The minimum absolute atomic E-state index is 0.115. The molecule has 2 fully saturated rings. The second-order valence-electron chi connectivity index (χ2n) is 11.1. The predicted molar refractivity (Wildman–Crippen MR) is 152 cm³/mol. The number of aromatic carboxylic acids is 1. The highest BCUT2D eigenvalue weighted by Crippen LogP contribution is 2.54. The third kappa shape index (κ3) is 5.64. The van der Waals surface area contributed by atoms with Gasteiger partial charge in [-0.05, 0) is 67.3 Å². The summed E-state index contributed by atoms with van der Waals surface area (Å²) in [6, 6.07) is 9.71. The maximum atomic E-state index is 14.8. The van der Waals surface area contributed by atoms with Crippen molar-refractivity contribution < 1.29 is 36.8 Å². The summed E-state index contributed by atoms with van der Waals surface area (Å²) >= 11 is 1.06. The van der Waals surface area contributed by atoms with Gasteiger partial charge >= 0.3 is 12.1 Å². The maximum absolute atomic E-state index is 14.8. The van der Waals surface area contributed by atoms with Gasteiger partial charge in [-0.15, -0.1) is 16.5 Å². The van der Waals surface area contributed by atoms with E-state index in [0.29, 0.717) is 40.4 Å². The second-order valence-corrected chi connectivity index (χ2v) is 13.0. The molecule has 0 amide bonds. The first-order chi connectivity index (χ1) is 20.4. The van der Waals surface area contributed by atoms with E-state index < -0.39 is 40.5 Å². The Kier molecular flexibility index (Phi) is 7.51. The van der Waals surface area contributed by atoms with E-state index in [1.54, 1.807) is 12.1 Å². The van der Waals surface area contributed by atoms with Crippen LogP contribution >= 0.6 is 11.3 Å². The molecule has 0 spiro atoms. The maximum Gasteiger partial charge on any atom is 0.421 e. The van der Waals surface area contributed by atoms with Crippen LogP contribution < -0.4 is 5.14 Å². The number of nitrogens with zero attached hydrogens (tertiary/aromatic N) is 3. The van der Waals surface area contributed by atoms with Crippen LogP contribution in [0.15, 0.2) is 52.7 Å². The summed E-state index contributed by atoms with van der Waals surface area (Å²) in [6.45, 7) is 0. The smallest absolute Gasteiger partial charge is 0.421 e. The molecule has 4 N–H and O–H groups in total. The highest BCUT2D eigenvalue weighted by molar-refractivity contribution is 7.82. The van der Waals surface area contributed by atoms with Crippen LogP contribution in [0.4, 0.5) is 17.6 Å². The predicted octanol–water partition coefficient (Wildman–Crippen LogP) is 5.47. The van der Waals surface area contributed by atoms with Crippen LogP contribution in [-0.2, 0) is 33.6 Å². The van der Waals surface area contributed by atoms with Crippen LogP contribution in [0.25, 0.3) is 16.4 Å². The van der Waals surface area contributed by atoms with Crippen LogP contribution in [0.3, 0.4) is 0 Å². The first kappa shape index (κ1) is 29.6. The van der Waals surface area contributed by atoms with Crippen LogP contribution in [0.2, 0.25) is 0 Å². The minimum Gasteiger partial charge on any atom is -0.476 e. The fourth-order valence-electron chi connectivity index (χ4n) is 5.40. The van der Waals surface area contributed by atoms with E-state index in [4.69, 9.17) is 10.2 Å². The number of benzene rings is 2. The van der Waals surface area contributed by atoms with Gasteiger partial charge in [0.25, 0.3) is 0 Å². The van der Waals surface area contributed by atoms with Crippen LogP contribution in [0.1, 0.15) is 58.6 Å². The zero-order valence-corrected chi connectivity index (χ0v) is 24.2. The Balaban J connectivity index is 1.53. The van der Waals surface area contributed by atoms with E-state index in [-0.39, 0.29) is 40.5 Å². The lowest BCUT2D eigenvalue weighted by atomic mass is 9.86. The van der Waals surface area contributed by atoms with Crippen molar-refractivity contribution in [3.8, 4) is 16.4 Å². The van der Waals surface area contributed by atoms with Crippen LogP contribution in [0.5, 0.6) is 0 Å². The molecular weight excluding hydrogens is 608 g/mol. The lowest BCUT2D eigenvalue weighted by Crippen LogP contribution is -2.44. The molecule has 2 aliphatic carbocycles. The van der Waals surface area contributed by atoms with Crippen molar-refractivity contribution in [2.75, 3.05) is 0 Å². The molecule has 43 heavy (non-hydrogen) atoms. The van der Waals surface area contributed by atoms with Gasteiger partial charge in [-0.1, -0.05) is 28.5 Å². The molecule has 14 heteroatoms. The van der Waals surface area contributed by atoms with Gasteiger partial charge in [0.15, 0.2) is 28.1 Å². The molecule has 2 unspecified atom stereocenters. The highest BCUT2D eigenvalue weighted by Gasteiger charge is 2.62. The summed E-state index contributed by atoms with van der Waals surface area (Å²) in [4.78, 5) is 15.7. The van der Waals surface area contributed by atoms with Crippen molar-refractivity contribution in [3.05, 3.63) is 81.7 Å². The number of halogens is 4. The van der Waals surface area contributed by atoms with E-state index in [9.17, 15) is 36.8 Å². The molecule has 2 saturated carbocycles. The van der Waals surface area contributed by atoms with Gasteiger partial charge in [0, 0.05) is 28.8 Å². The lowest BCUT2D eigenvalue weighted by molar-refractivity contribution is -0.275. The van der Waals surface area contributed by atoms with Crippen LogP contribution in [0, 0.1) is 17.7 Å². The molecule has 2 aliphatic rings. The van der Waals surface area contributed by atoms with Gasteiger partial charge < -0.3 is 10.2 Å². The number of aliphatic hydroxyl groups is 1. The molecule has 226 valence electrons. The Hall–Kier alpha value is -3.46. The van der Waals surface area contributed by atoms with Gasteiger partial charge in [-0.25, -0.2) is 18.9 Å². The fraction of sp³-hybridized carbons (Fsp3) is 0.345. The average Bonchev–Trinajstić information content (AvgIpc) is 3.87. The van der Waals surface area contributed by atoms with Crippen molar-refractivity contribution in [1.29, 1.82) is 0 Å². The summed E-state index contributed by atoms with van der Waals surface area (Å²) in [6.07, 6.45) is -1.84. The van der Waals surface area contributed by atoms with E-state index >= 15 is 0 Å². The van der Waals surface area contributed by atoms with Crippen molar-refractivity contribution in [2.24, 2.45) is 17.0 Å². The van der Waals surface area contributed by atoms with Crippen molar-refractivity contribution in [2.45, 2.75) is 55.2 Å². The molecule has 2 aromatic heterocycles. The molecule has 2 heterocycles. The number of carbonyl (C=O) groups is 1. The Morgan fingerprint density at radius 2 is 1.88 bits per heavy atom. The molecule has 2 aromatic carbocycles. The van der Waals surface area contributed by atoms with E-state index in [2.05, 4.69) is 4.98 Å². The van der Waals surface area contributed by atoms with Gasteiger partial charge in [0.2, 0.25) is 10.0 Å². The summed E-state index contributed by atoms with van der Waals surface area (Å²) < 4.78 is 70.7. The number of hydrogen-bond donors (Lipinski definition) is 3. The molecular formula is C29H27F4N4O4S2+. The molecule has 0 saturated heterocycles. The monoisotopic (exact) mass is 635 g/mol. The number of thiol groups is 1. The summed E-state index contributed by atoms with van der Waals surface area (Å²) in [5.41, 5.74) is -1.11. The van der Waals surface area contributed by atoms with Crippen molar-refractivity contribution in [1.82, 2.24) is 14.8 Å². The van der Waals surface area contributed by atoms with Crippen molar-refractivity contribution >= 4 is 28.3 Å². The Morgan fingerprint density at radius 1 is 1.14 bits per heavy atom. The summed E-state index contributed by atoms with van der Waals surface area (Å²) in [5.74, 6) is -2.60. The number of hydrogen-bond acceptors (Lipinski definition) is 6. The SMILES string of the molecule is N[SH+](=O)c1ccc(Cc2c(-c3cccc(C(O)(C4CC4)C(F)(F)F)c3)nn(-c3nc(C(=O)O)cs3)c2CC2CC2)cc1F. The molecule has 0 aliphatic heterocycles. The molecule has 6 rings (SSSR count). The normalized spacial score (nSPS) is 17.5. The molecule has 4 aromatic rings. The first-order valence-electron chi connectivity index (χ1n) is 13.6. The highest BCUT2D eigenvalue weighted by atomic mass is 32.2. The zero-order valence-electron chi connectivity index (χ0n) is 22.5. The Labute approximate surface area is 249 Å². The number of carboxylic acids is 1. The minimum atomic E-state index is -4.90. The number of carboxylic acid groups (broad SMARTS) is 1. The molecule has 8 nitrogen and oxygen atoms in total. The largest absolute Gasteiger partial charge is 0.476 e. The average molecular weight is 636 g/mol. The van der Waals surface area contributed by atoms with Gasteiger partial charge in [-0.3, -0.25) is 0 Å². The van der Waals surface area contributed by atoms with Gasteiger partial charge in [-0.2, -0.15) is 18.3 Å². The van der Waals surface area contributed by atoms with Gasteiger partial charge in [0.05, 0.1) is 11.4 Å². The topological polar surface area (TPSA) is 131 Å². The van der Waals surface area contributed by atoms with E-state index in [1.807, 2.05) is 0 Å². The number of nitrogens with two attached hydrogens (primary N) is 1. The van der Waals surface area contributed by atoms with Crippen molar-refractivity contribution in [3.63, 3.8) is 0 Å². The van der Waals surface area contributed by atoms with E-state index in [0.717, 1.165) is 24.2 Å². The first-order valence-corrected chi connectivity index (χ1v) is 15.8. The third-order valence-corrected chi connectivity index (χ3v) is 9.62. The Bertz CT molecular complexity index is 1750. The molecule has 0 bridgehead atoms. The Morgan fingerprint density at radius 3 is 2.47 bits per heavy atom. The number of rotatable bonds is 10. The lowest BCUT2D eigenvalue weighted by Gasteiger charge is -2.31. The number of alkyl halides is 3. The molecule has 0 radical (unpaired) electrons. The number of thiazole rings is 1. The summed E-state index contributed by atoms with van der Waals surface area (Å²) in [7, 11) is -2.41. The van der Waals surface area contributed by atoms with Crippen LogP contribution in [-0.4, -0.2) is 37.1 Å². The standard InChI is InChI=1S/C29H26F4N4O4S2/c30-21-11-16(6-9-24(21)43(34)41)10-20-23(12-15-4-5-15)37(27-35-22(14-42-27)26(38)39)36-25(20)17-2-1-3-19(13-17)28(40,18-7-8-18)29(31,32)33/h1-3,6,9,11,13-15,18,40H,4-5,7-8,10,12H2,(H2,34,41)(H,38,39)/p+1.